The summed E-state index contributed by atoms with van der Waals surface area (Å²) in [6, 6.07) is 3.37. The zero-order valence-corrected chi connectivity index (χ0v) is 13.8. The fraction of sp³-hybridized carbons (Fsp3) is 0.500. The number of amides is 1. The second-order valence-electron chi connectivity index (χ2n) is 5.90. The van der Waals surface area contributed by atoms with E-state index in [0.717, 1.165) is 6.26 Å². The maximum atomic E-state index is 11.6. The lowest BCUT2D eigenvalue weighted by molar-refractivity contribution is -0.117. The van der Waals surface area contributed by atoms with Crippen molar-refractivity contribution in [3.8, 4) is 0 Å². The zero-order chi connectivity index (χ0) is 16.3. The number of nitrogens with one attached hydrogen (secondary N) is 1. The van der Waals surface area contributed by atoms with Crippen molar-refractivity contribution in [2.45, 2.75) is 32.9 Å². The summed E-state index contributed by atoms with van der Waals surface area (Å²) in [6.07, 6.45) is 4.06. The van der Waals surface area contributed by atoms with Crippen LogP contribution in [0, 0.1) is 0 Å². The molecule has 1 N–H and O–H groups in total. The quantitative estimate of drug-likeness (QED) is 0.837. The van der Waals surface area contributed by atoms with E-state index in [4.69, 9.17) is 4.42 Å². The second kappa shape index (κ2) is 6.44. The lowest BCUT2D eigenvalue weighted by Gasteiger charge is -2.18. The summed E-state index contributed by atoms with van der Waals surface area (Å²) < 4.78 is 29.3. The maximum absolute atomic E-state index is 11.6. The van der Waals surface area contributed by atoms with Crippen LogP contribution in [0.5, 0.6) is 0 Å². The summed E-state index contributed by atoms with van der Waals surface area (Å²) in [5.41, 5.74) is -0.298. The van der Waals surface area contributed by atoms with Crippen LogP contribution in [-0.4, -0.2) is 37.5 Å². The Labute approximate surface area is 125 Å². The Bertz CT molecular complexity index is 624. The third-order valence-corrected chi connectivity index (χ3v) is 3.79. The minimum absolute atomic E-state index is 0.154. The van der Waals surface area contributed by atoms with E-state index in [1.54, 1.807) is 18.2 Å². The first kappa shape index (κ1) is 17.5. The van der Waals surface area contributed by atoms with Gasteiger partial charge in [0.1, 0.15) is 11.5 Å². The lowest BCUT2D eigenvalue weighted by Crippen LogP contribution is -2.39. The maximum Gasteiger partial charge on any atom is 0.244 e. The van der Waals surface area contributed by atoms with Crippen LogP contribution in [0.4, 0.5) is 0 Å². The monoisotopic (exact) mass is 314 g/mol. The summed E-state index contributed by atoms with van der Waals surface area (Å²) in [6.45, 7) is 5.83. The summed E-state index contributed by atoms with van der Waals surface area (Å²) in [5.74, 6) is 0.795. The smallest absolute Gasteiger partial charge is 0.244 e. The van der Waals surface area contributed by atoms with Crippen molar-refractivity contribution in [3.05, 3.63) is 29.7 Å². The molecule has 7 heteroatoms. The van der Waals surface area contributed by atoms with Crippen LogP contribution in [-0.2, 0) is 21.4 Å². The van der Waals surface area contributed by atoms with Crippen molar-refractivity contribution < 1.29 is 17.6 Å². The van der Waals surface area contributed by atoms with Gasteiger partial charge in [0.25, 0.3) is 0 Å². The Morgan fingerprint density at radius 3 is 2.52 bits per heavy atom. The first-order valence-electron chi connectivity index (χ1n) is 6.47. The van der Waals surface area contributed by atoms with Gasteiger partial charge in [0, 0.05) is 18.7 Å². The molecule has 0 aromatic carbocycles. The van der Waals surface area contributed by atoms with Gasteiger partial charge in [0.05, 0.1) is 12.8 Å². The molecule has 0 saturated carbocycles. The average molecular weight is 314 g/mol. The predicted molar refractivity (Wildman–Crippen MR) is 81.9 cm³/mol. The van der Waals surface area contributed by atoms with E-state index in [2.05, 4.69) is 5.32 Å². The second-order valence-corrected chi connectivity index (χ2v) is 7.99. The average Bonchev–Trinajstić information content (AvgIpc) is 2.70. The number of sulfonamides is 1. The van der Waals surface area contributed by atoms with Crippen LogP contribution in [0.25, 0.3) is 6.08 Å². The Kier molecular flexibility index (Phi) is 5.36. The lowest BCUT2D eigenvalue weighted by atomic mass is 10.1. The topological polar surface area (TPSA) is 79.6 Å². The summed E-state index contributed by atoms with van der Waals surface area (Å²) in [4.78, 5) is 11.6. The van der Waals surface area contributed by atoms with Crippen LogP contribution in [0.15, 0.2) is 22.6 Å². The van der Waals surface area contributed by atoms with E-state index < -0.39 is 10.0 Å². The van der Waals surface area contributed by atoms with Gasteiger partial charge in [-0.15, -0.1) is 0 Å². The van der Waals surface area contributed by atoms with E-state index in [-0.39, 0.29) is 18.0 Å². The highest BCUT2D eigenvalue weighted by Crippen LogP contribution is 2.13. The molecule has 1 heterocycles. The predicted octanol–water partition coefficient (Wildman–Crippen LogP) is 1.60. The molecule has 1 amide bonds. The van der Waals surface area contributed by atoms with Gasteiger partial charge >= 0.3 is 0 Å². The summed E-state index contributed by atoms with van der Waals surface area (Å²) >= 11 is 0. The molecule has 0 bridgehead atoms. The van der Waals surface area contributed by atoms with E-state index in [1.807, 2.05) is 20.8 Å². The molecule has 0 fully saturated rings. The number of hydrogen-bond donors (Lipinski definition) is 1. The highest BCUT2D eigenvalue weighted by Gasteiger charge is 2.14. The molecule has 0 aliphatic heterocycles. The first-order valence-corrected chi connectivity index (χ1v) is 8.32. The van der Waals surface area contributed by atoms with Crippen molar-refractivity contribution in [2.75, 3.05) is 13.3 Å². The largest absolute Gasteiger partial charge is 0.460 e. The van der Waals surface area contributed by atoms with Crippen molar-refractivity contribution >= 4 is 22.0 Å². The van der Waals surface area contributed by atoms with Gasteiger partial charge in [-0.3, -0.25) is 4.79 Å². The third-order valence-electron chi connectivity index (χ3n) is 2.52. The molecule has 0 aliphatic carbocycles. The number of carbonyl (C=O) groups is 1. The number of hydrogen-bond acceptors (Lipinski definition) is 4. The molecule has 0 radical (unpaired) electrons. The van der Waals surface area contributed by atoms with Crippen LogP contribution in [0.2, 0.25) is 0 Å². The molecule has 0 aliphatic rings. The van der Waals surface area contributed by atoms with Crippen molar-refractivity contribution in [1.82, 2.24) is 9.62 Å². The molecule has 0 unspecified atom stereocenters. The van der Waals surface area contributed by atoms with Gasteiger partial charge in [0.15, 0.2) is 0 Å². The normalized spacial score (nSPS) is 13.0. The fourth-order valence-electron chi connectivity index (χ4n) is 1.47. The van der Waals surface area contributed by atoms with Crippen LogP contribution < -0.4 is 5.32 Å². The Morgan fingerprint density at radius 2 is 2.00 bits per heavy atom. The van der Waals surface area contributed by atoms with Crippen LogP contribution in [0.1, 0.15) is 32.3 Å². The van der Waals surface area contributed by atoms with Crippen molar-refractivity contribution in [2.24, 2.45) is 0 Å². The van der Waals surface area contributed by atoms with E-state index >= 15 is 0 Å². The molecule has 21 heavy (non-hydrogen) atoms. The van der Waals surface area contributed by atoms with Gasteiger partial charge in [0.2, 0.25) is 15.9 Å². The van der Waals surface area contributed by atoms with Gasteiger partial charge in [-0.2, -0.15) is 4.31 Å². The van der Waals surface area contributed by atoms with Gasteiger partial charge in [-0.25, -0.2) is 8.42 Å². The molecule has 1 aromatic heterocycles. The Morgan fingerprint density at radius 1 is 1.38 bits per heavy atom. The Hall–Kier alpha value is -1.60. The minimum atomic E-state index is -3.25. The molecule has 6 nitrogen and oxygen atoms in total. The van der Waals surface area contributed by atoms with Gasteiger partial charge in [-0.05, 0) is 39.0 Å². The molecule has 1 aromatic rings. The highest BCUT2D eigenvalue weighted by molar-refractivity contribution is 7.88. The van der Waals surface area contributed by atoms with E-state index in [9.17, 15) is 13.2 Å². The number of nitrogens with zero attached hydrogens (tertiary/aromatic N) is 1. The van der Waals surface area contributed by atoms with Crippen molar-refractivity contribution in [1.29, 1.82) is 0 Å². The van der Waals surface area contributed by atoms with Gasteiger partial charge < -0.3 is 9.73 Å². The molecule has 118 valence electrons. The summed E-state index contributed by atoms with van der Waals surface area (Å²) in [7, 11) is -1.77. The third kappa shape index (κ3) is 6.59. The molecule has 0 saturated heterocycles. The number of furan rings is 1. The summed E-state index contributed by atoms with van der Waals surface area (Å²) in [5, 5.41) is 2.79. The number of carbonyl (C=O) groups excluding carboxylic acids is 1. The Balaban J connectivity index is 2.66. The van der Waals surface area contributed by atoms with Crippen LogP contribution >= 0.6 is 0 Å². The molecular weight excluding hydrogens is 292 g/mol. The number of rotatable bonds is 5. The molecule has 0 atom stereocenters. The molecule has 1 rings (SSSR count). The standard InChI is InChI=1S/C14H22N2O4S/c1-14(2,3)15-13(17)9-8-11-6-7-12(20-11)10-16(4)21(5,18)19/h6-9H,10H2,1-5H3,(H,15,17)/b9-8+. The molecular formula is C14H22N2O4S. The van der Waals surface area contributed by atoms with Crippen LogP contribution in [0.3, 0.4) is 0 Å². The van der Waals surface area contributed by atoms with Gasteiger partial charge in [-0.1, -0.05) is 0 Å². The fourth-order valence-corrected chi connectivity index (χ4v) is 1.84. The van der Waals surface area contributed by atoms with E-state index in [0.29, 0.717) is 11.5 Å². The molecule has 0 spiro atoms. The SMILES string of the molecule is CN(Cc1ccc(/C=C/C(=O)NC(C)(C)C)o1)S(C)(=O)=O. The van der Waals surface area contributed by atoms with E-state index in [1.165, 1.54) is 17.4 Å². The first-order chi connectivity index (χ1) is 9.47. The van der Waals surface area contributed by atoms with Crippen molar-refractivity contribution in [3.63, 3.8) is 0 Å². The minimum Gasteiger partial charge on any atom is -0.460 e. The zero-order valence-electron chi connectivity index (χ0n) is 13.0. The highest BCUT2D eigenvalue weighted by atomic mass is 32.2.